The van der Waals surface area contributed by atoms with Crippen molar-refractivity contribution in [2.75, 3.05) is 39.6 Å². The molecular formula is C16H35O8P. The normalized spacial score (nSPS) is 16.5. The Bertz CT molecular complexity index is 342. The second kappa shape index (κ2) is 16.1. The van der Waals surface area contributed by atoms with Gasteiger partial charge < -0.3 is 24.6 Å². The summed E-state index contributed by atoms with van der Waals surface area (Å²) in [5.74, 6) is 0. The summed E-state index contributed by atoms with van der Waals surface area (Å²) in [5, 5.41) is 17.8. The molecule has 8 nitrogen and oxygen atoms in total. The highest BCUT2D eigenvalue weighted by Gasteiger charge is 2.25. The van der Waals surface area contributed by atoms with E-state index in [2.05, 4.69) is 18.4 Å². The van der Waals surface area contributed by atoms with E-state index in [1.54, 1.807) is 0 Å². The van der Waals surface area contributed by atoms with Crippen LogP contribution in [0.1, 0.15) is 52.4 Å². The van der Waals surface area contributed by atoms with Crippen LogP contribution in [0.4, 0.5) is 0 Å². The Hall–Kier alpha value is -0.0500. The monoisotopic (exact) mass is 386 g/mol. The van der Waals surface area contributed by atoms with Crippen molar-refractivity contribution in [1.29, 1.82) is 0 Å². The van der Waals surface area contributed by atoms with Gasteiger partial charge in [0.2, 0.25) is 0 Å². The first-order valence-corrected chi connectivity index (χ1v) is 10.5. The molecule has 0 aromatic heterocycles. The Morgan fingerprint density at radius 2 is 1.52 bits per heavy atom. The molecule has 25 heavy (non-hydrogen) atoms. The van der Waals surface area contributed by atoms with Gasteiger partial charge in [-0.25, -0.2) is 4.57 Å². The topological polar surface area (TPSA) is 115 Å². The van der Waals surface area contributed by atoms with Crippen molar-refractivity contribution >= 4 is 7.82 Å². The number of rotatable bonds is 18. The van der Waals surface area contributed by atoms with E-state index in [0.29, 0.717) is 13.2 Å². The average Bonchev–Trinajstić information content (AvgIpc) is 2.60. The Morgan fingerprint density at radius 1 is 0.920 bits per heavy atom. The average molecular weight is 386 g/mol. The van der Waals surface area contributed by atoms with Crippen LogP contribution >= 0.6 is 7.82 Å². The van der Waals surface area contributed by atoms with E-state index >= 15 is 0 Å². The molecule has 0 heterocycles. The van der Waals surface area contributed by atoms with Crippen molar-refractivity contribution in [3.05, 3.63) is 0 Å². The standard InChI is InChI=1S/C16H35O8P/c1-3-5-7-9-21-13-16(22-10-8-6-4-2)14-24-25(19,20)23-12-15(18)11-17/h15-18H,3-14H2,1-2H3,(H,19,20). The molecule has 0 aliphatic carbocycles. The zero-order chi connectivity index (χ0) is 19.0. The van der Waals surface area contributed by atoms with Gasteiger partial charge in [-0.3, -0.25) is 9.05 Å². The van der Waals surface area contributed by atoms with Gasteiger partial charge in [0.15, 0.2) is 0 Å². The predicted octanol–water partition coefficient (Wildman–Crippen LogP) is 2.26. The van der Waals surface area contributed by atoms with E-state index in [-0.39, 0.29) is 13.2 Å². The molecule has 3 atom stereocenters. The van der Waals surface area contributed by atoms with Gasteiger partial charge in [0.1, 0.15) is 12.2 Å². The van der Waals surface area contributed by atoms with Gasteiger partial charge in [0.25, 0.3) is 0 Å². The third-order valence-corrected chi connectivity index (χ3v) is 4.31. The second-order valence-electron chi connectivity index (χ2n) is 5.88. The molecule has 152 valence electrons. The molecule has 0 saturated carbocycles. The van der Waals surface area contributed by atoms with Gasteiger partial charge in [-0.1, -0.05) is 39.5 Å². The van der Waals surface area contributed by atoms with Crippen LogP contribution in [-0.2, 0) is 23.1 Å². The first kappa shape index (κ1) is 24.9. The molecule has 0 amide bonds. The van der Waals surface area contributed by atoms with Gasteiger partial charge in [-0.2, -0.15) is 0 Å². The molecule has 0 aliphatic rings. The number of phosphoric acid groups is 1. The van der Waals surface area contributed by atoms with Crippen molar-refractivity contribution in [1.82, 2.24) is 0 Å². The molecule has 0 spiro atoms. The Labute approximate surface area is 151 Å². The smallest absolute Gasteiger partial charge is 0.394 e. The van der Waals surface area contributed by atoms with Crippen LogP contribution in [0.25, 0.3) is 0 Å². The molecule has 0 fully saturated rings. The van der Waals surface area contributed by atoms with Crippen molar-refractivity contribution < 1.29 is 38.2 Å². The Balaban J connectivity index is 4.21. The number of hydrogen-bond donors (Lipinski definition) is 3. The zero-order valence-corrected chi connectivity index (χ0v) is 16.4. The molecule has 3 N–H and O–H groups in total. The molecule has 0 aliphatic heterocycles. The van der Waals surface area contributed by atoms with Crippen molar-refractivity contribution in [2.45, 2.75) is 64.6 Å². The summed E-state index contributed by atoms with van der Waals surface area (Å²) in [6.07, 6.45) is 4.48. The fourth-order valence-corrected chi connectivity index (χ4v) is 2.65. The Kier molecular flexibility index (Phi) is 16.1. The summed E-state index contributed by atoms with van der Waals surface area (Å²) in [6.45, 7) is 4.42. The highest BCUT2D eigenvalue weighted by Crippen LogP contribution is 2.43. The third-order valence-electron chi connectivity index (χ3n) is 3.36. The highest BCUT2D eigenvalue weighted by molar-refractivity contribution is 7.47. The van der Waals surface area contributed by atoms with Crippen molar-refractivity contribution in [2.24, 2.45) is 0 Å². The summed E-state index contributed by atoms with van der Waals surface area (Å²) in [7, 11) is -4.31. The maximum Gasteiger partial charge on any atom is 0.472 e. The molecule has 0 aromatic rings. The zero-order valence-electron chi connectivity index (χ0n) is 15.5. The van der Waals surface area contributed by atoms with Crippen LogP contribution in [0.15, 0.2) is 0 Å². The summed E-state index contributed by atoms with van der Waals surface area (Å²) in [5.41, 5.74) is 0. The molecule has 0 bridgehead atoms. The lowest BCUT2D eigenvalue weighted by atomic mass is 10.2. The van der Waals surface area contributed by atoms with E-state index in [0.717, 1.165) is 38.5 Å². The van der Waals surface area contributed by atoms with Crippen LogP contribution in [-0.4, -0.2) is 67.0 Å². The SMILES string of the molecule is CCCCCOCC(COP(=O)(O)OCC(O)CO)OCCCCC. The minimum absolute atomic E-state index is 0.150. The summed E-state index contributed by atoms with van der Waals surface area (Å²) >= 11 is 0. The third kappa shape index (κ3) is 15.9. The quantitative estimate of drug-likeness (QED) is 0.243. The molecule has 9 heteroatoms. The van der Waals surface area contributed by atoms with Crippen LogP contribution in [0, 0.1) is 0 Å². The summed E-state index contributed by atoms with van der Waals surface area (Å²) in [4.78, 5) is 9.58. The first-order chi connectivity index (χ1) is 11.9. The minimum atomic E-state index is -4.31. The minimum Gasteiger partial charge on any atom is -0.394 e. The molecule has 0 saturated heterocycles. The summed E-state index contributed by atoms with van der Waals surface area (Å²) in [6, 6.07) is 0. The van der Waals surface area contributed by atoms with Gasteiger partial charge in [-0.15, -0.1) is 0 Å². The lowest BCUT2D eigenvalue weighted by Crippen LogP contribution is -2.26. The number of aliphatic hydroxyl groups excluding tert-OH is 2. The molecule has 3 unspecified atom stereocenters. The van der Waals surface area contributed by atoms with Gasteiger partial charge in [-0.05, 0) is 12.8 Å². The van der Waals surface area contributed by atoms with E-state index in [1.165, 1.54) is 0 Å². The lowest BCUT2D eigenvalue weighted by molar-refractivity contribution is -0.0461. The maximum absolute atomic E-state index is 11.8. The highest BCUT2D eigenvalue weighted by atomic mass is 31.2. The lowest BCUT2D eigenvalue weighted by Gasteiger charge is -2.20. The maximum atomic E-state index is 11.8. The van der Waals surface area contributed by atoms with E-state index in [9.17, 15) is 9.46 Å². The van der Waals surface area contributed by atoms with Crippen LogP contribution < -0.4 is 0 Å². The fourth-order valence-electron chi connectivity index (χ4n) is 1.86. The molecular weight excluding hydrogens is 351 g/mol. The number of unbranched alkanes of at least 4 members (excludes halogenated alkanes) is 4. The number of aliphatic hydroxyl groups is 2. The largest absolute Gasteiger partial charge is 0.472 e. The first-order valence-electron chi connectivity index (χ1n) is 9.05. The number of phosphoric ester groups is 1. The van der Waals surface area contributed by atoms with Gasteiger partial charge >= 0.3 is 7.82 Å². The number of hydrogen-bond acceptors (Lipinski definition) is 7. The van der Waals surface area contributed by atoms with E-state index < -0.39 is 33.2 Å². The molecule has 0 aromatic carbocycles. The van der Waals surface area contributed by atoms with Gasteiger partial charge in [0.05, 0.1) is 26.4 Å². The van der Waals surface area contributed by atoms with E-state index in [4.69, 9.17) is 24.2 Å². The van der Waals surface area contributed by atoms with Crippen LogP contribution in [0.5, 0.6) is 0 Å². The number of ether oxygens (including phenoxy) is 2. The Morgan fingerprint density at radius 3 is 2.12 bits per heavy atom. The van der Waals surface area contributed by atoms with Crippen molar-refractivity contribution in [3.63, 3.8) is 0 Å². The summed E-state index contributed by atoms with van der Waals surface area (Å²) < 4.78 is 32.5. The predicted molar refractivity (Wildman–Crippen MR) is 94.4 cm³/mol. The van der Waals surface area contributed by atoms with E-state index in [1.807, 2.05) is 0 Å². The van der Waals surface area contributed by atoms with Crippen LogP contribution in [0.3, 0.4) is 0 Å². The fraction of sp³-hybridized carbons (Fsp3) is 1.00. The second-order valence-corrected chi connectivity index (χ2v) is 7.33. The van der Waals surface area contributed by atoms with Crippen LogP contribution in [0.2, 0.25) is 0 Å². The van der Waals surface area contributed by atoms with Gasteiger partial charge in [0, 0.05) is 13.2 Å². The molecule has 0 rings (SSSR count). The van der Waals surface area contributed by atoms with Crippen molar-refractivity contribution in [3.8, 4) is 0 Å². The molecule has 0 radical (unpaired) electrons.